The number of anilines is 1. The van der Waals surface area contributed by atoms with E-state index in [0.29, 0.717) is 34.0 Å². The van der Waals surface area contributed by atoms with Crippen LogP contribution in [0.3, 0.4) is 0 Å². The number of nitrogens with zero attached hydrogens (tertiary/aromatic N) is 3. The number of amides is 2. The maximum atomic E-state index is 14.0. The van der Waals surface area contributed by atoms with Gasteiger partial charge in [0.1, 0.15) is 6.04 Å². The molecule has 188 valence electrons. The fourth-order valence-electron chi connectivity index (χ4n) is 4.72. The molecule has 0 saturated carbocycles. The van der Waals surface area contributed by atoms with E-state index in [1.54, 1.807) is 13.8 Å². The largest absolute Gasteiger partial charge is 0.343 e. The molecule has 0 N–H and O–H groups in total. The van der Waals surface area contributed by atoms with Gasteiger partial charge in [-0.25, -0.2) is 26.3 Å². The van der Waals surface area contributed by atoms with Gasteiger partial charge in [-0.15, -0.1) is 0 Å². The lowest BCUT2D eigenvalue weighted by molar-refractivity contribution is -0.116. The molecule has 2 aromatic carbocycles. The maximum Gasteiger partial charge on any atom is 0.343 e. The summed E-state index contributed by atoms with van der Waals surface area (Å²) in [5, 5.41) is 9.18. The predicted molar refractivity (Wildman–Crippen MR) is 130 cm³/mol. The minimum Gasteiger partial charge on any atom is -0.294 e. The Hall–Kier alpha value is -3.58. The summed E-state index contributed by atoms with van der Waals surface area (Å²) >= 11 is 0. The Morgan fingerprint density at radius 2 is 1.78 bits per heavy atom. The van der Waals surface area contributed by atoms with Crippen molar-refractivity contribution in [3.05, 3.63) is 76.5 Å². The van der Waals surface area contributed by atoms with Crippen molar-refractivity contribution in [3.8, 4) is 6.07 Å². The number of carbonyl (C=O) groups is 2. The standard InChI is InChI=1S/C26H25F2N3O4S/c1-16(2)15-36(34,35)31-24(18-11-9-17(14-29)10-12-18)23-21(7-4-8-22(23)32)30(26(31)33)20-6-3-5-19(13-20)25(27)28/h3,5-6,9-13,16,24-25H,4,7-8,15H2,1-2H3. The van der Waals surface area contributed by atoms with E-state index < -0.39 is 28.5 Å². The zero-order valence-corrected chi connectivity index (χ0v) is 20.6. The van der Waals surface area contributed by atoms with E-state index in [1.807, 2.05) is 6.07 Å². The van der Waals surface area contributed by atoms with Gasteiger partial charge in [-0.2, -0.15) is 5.26 Å². The summed E-state index contributed by atoms with van der Waals surface area (Å²) in [7, 11) is -4.24. The third kappa shape index (κ3) is 4.63. The molecule has 1 aliphatic carbocycles. The Morgan fingerprint density at radius 3 is 2.39 bits per heavy atom. The first-order valence-corrected chi connectivity index (χ1v) is 13.2. The topological polar surface area (TPSA) is 98.6 Å². The van der Waals surface area contributed by atoms with E-state index in [1.165, 1.54) is 42.5 Å². The maximum absolute atomic E-state index is 14.0. The molecule has 2 aromatic rings. The number of sulfonamides is 1. The zero-order chi connectivity index (χ0) is 26.2. The molecule has 0 saturated heterocycles. The summed E-state index contributed by atoms with van der Waals surface area (Å²) < 4.78 is 54.9. The Labute approximate surface area is 208 Å². The van der Waals surface area contributed by atoms with E-state index in [9.17, 15) is 32.0 Å². The van der Waals surface area contributed by atoms with Gasteiger partial charge in [0, 0.05) is 23.3 Å². The van der Waals surface area contributed by atoms with Gasteiger partial charge in [0.15, 0.2) is 5.78 Å². The van der Waals surface area contributed by atoms with Crippen LogP contribution < -0.4 is 4.90 Å². The first kappa shape index (κ1) is 25.5. The van der Waals surface area contributed by atoms with Gasteiger partial charge in [-0.1, -0.05) is 38.1 Å². The smallest absolute Gasteiger partial charge is 0.294 e. The molecule has 1 atom stereocenters. The molecular formula is C26H25F2N3O4S. The summed E-state index contributed by atoms with van der Waals surface area (Å²) in [6, 6.07) is 11.1. The van der Waals surface area contributed by atoms with Crippen molar-refractivity contribution in [2.24, 2.45) is 5.92 Å². The average Bonchev–Trinajstić information content (AvgIpc) is 2.82. The van der Waals surface area contributed by atoms with Crippen molar-refractivity contribution in [2.45, 2.75) is 45.6 Å². The second-order valence-corrected chi connectivity index (χ2v) is 11.1. The van der Waals surface area contributed by atoms with Crippen molar-refractivity contribution < 1.29 is 26.8 Å². The van der Waals surface area contributed by atoms with Crippen LogP contribution in [-0.2, 0) is 14.8 Å². The number of benzene rings is 2. The lowest BCUT2D eigenvalue weighted by Crippen LogP contribution is -2.55. The molecule has 36 heavy (non-hydrogen) atoms. The average molecular weight is 514 g/mol. The Bertz CT molecular complexity index is 1380. The molecule has 1 heterocycles. The number of urea groups is 1. The van der Waals surface area contributed by atoms with Gasteiger partial charge in [-0.05, 0) is 48.6 Å². The molecule has 2 amide bonds. The number of rotatable bonds is 6. The summed E-state index contributed by atoms with van der Waals surface area (Å²) in [4.78, 5) is 28.4. The molecule has 10 heteroatoms. The van der Waals surface area contributed by atoms with E-state index in [-0.39, 0.29) is 40.7 Å². The molecule has 0 fully saturated rings. The molecule has 7 nitrogen and oxygen atoms in total. The van der Waals surface area contributed by atoms with Gasteiger partial charge in [0.25, 0.3) is 6.43 Å². The van der Waals surface area contributed by atoms with Crippen LogP contribution in [0.15, 0.2) is 59.8 Å². The van der Waals surface area contributed by atoms with Crippen molar-refractivity contribution in [1.82, 2.24) is 4.31 Å². The molecule has 2 aliphatic rings. The molecule has 0 spiro atoms. The van der Waals surface area contributed by atoms with Gasteiger partial charge in [0.2, 0.25) is 10.0 Å². The summed E-state index contributed by atoms with van der Waals surface area (Å²) in [5.74, 6) is -0.983. The van der Waals surface area contributed by atoms with Crippen molar-refractivity contribution in [1.29, 1.82) is 5.26 Å². The first-order chi connectivity index (χ1) is 17.0. The third-order valence-corrected chi connectivity index (χ3v) is 8.22. The van der Waals surface area contributed by atoms with E-state index in [0.717, 1.165) is 11.0 Å². The lowest BCUT2D eigenvalue weighted by Gasteiger charge is -2.44. The van der Waals surface area contributed by atoms with Crippen LogP contribution in [0.2, 0.25) is 0 Å². The van der Waals surface area contributed by atoms with Crippen LogP contribution in [0.4, 0.5) is 19.3 Å². The summed E-state index contributed by atoms with van der Waals surface area (Å²) in [6.45, 7) is 3.39. The van der Waals surface area contributed by atoms with Crippen molar-refractivity contribution in [2.75, 3.05) is 10.7 Å². The molecule has 0 radical (unpaired) electrons. The number of halogens is 2. The molecule has 0 aromatic heterocycles. The van der Waals surface area contributed by atoms with Crippen molar-refractivity contribution >= 4 is 27.5 Å². The normalized spacial score (nSPS) is 18.6. The number of ketones is 1. The van der Waals surface area contributed by atoms with Crippen LogP contribution in [0.5, 0.6) is 0 Å². The Balaban J connectivity index is 2.00. The van der Waals surface area contributed by atoms with Gasteiger partial charge in [-0.3, -0.25) is 9.69 Å². The van der Waals surface area contributed by atoms with E-state index in [4.69, 9.17) is 0 Å². The molecule has 1 aliphatic heterocycles. The Morgan fingerprint density at radius 1 is 1.08 bits per heavy atom. The number of Topliss-reactive ketones (excluding diaryl/α,β-unsaturated/α-hetero) is 1. The number of nitriles is 1. The predicted octanol–water partition coefficient (Wildman–Crippen LogP) is 5.47. The van der Waals surface area contributed by atoms with Crippen LogP contribution in [-0.4, -0.2) is 30.3 Å². The van der Waals surface area contributed by atoms with Gasteiger partial charge in [0.05, 0.1) is 23.1 Å². The first-order valence-electron chi connectivity index (χ1n) is 11.6. The summed E-state index contributed by atoms with van der Waals surface area (Å²) in [6.07, 6.45) is -1.88. The molecule has 4 rings (SSSR count). The monoisotopic (exact) mass is 513 g/mol. The van der Waals surface area contributed by atoms with Crippen LogP contribution in [0, 0.1) is 17.2 Å². The van der Waals surface area contributed by atoms with Crippen LogP contribution in [0.1, 0.15) is 62.3 Å². The second-order valence-electron chi connectivity index (χ2n) is 9.26. The number of allylic oxidation sites excluding steroid dienone is 1. The highest BCUT2D eigenvalue weighted by Crippen LogP contribution is 2.45. The van der Waals surface area contributed by atoms with Crippen LogP contribution in [0.25, 0.3) is 0 Å². The van der Waals surface area contributed by atoms with E-state index >= 15 is 0 Å². The highest BCUT2D eigenvalue weighted by atomic mass is 32.2. The SMILES string of the molecule is CC(C)CS(=O)(=O)N1C(=O)N(c2cccc(C(F)F)c2)C2=C(C(=O)CCC2)C1c1ccc(C#N)cc1. The van der Waals surface area contributed by atoms with E-state index in [2.05, 4.69) is 0 Å². The molecule has 1 unspecified atom stereocenters. The zero-order valence-electron chi connectivity index (χ0n) is 19.8. The van der Waals surface area contributed by atoms with Crippen molar-refractivity contribution in [3.63, 3.8) is 0 Å². The quantitative estimate of drug-likeness (QED) is 0.510. The van der Waals surface area contributed by atoms with Gasteiger partial charge >= 0.3 is 6.03 Å². The minimum atomic E-state index is -4.24. The Kier molecular flexibility index (Phi) is 6.96. The lowest BCUT2D eigenvalue weighted by atomic mass is 9.84. The fraction of sp³-hybridized carbons (Fsp3) is 0.346. The highest BCUT2D eigenvalue weighted by molar-refractivity contribution is 7.89. The number of hydrogen-bond acceptors (Lipinski definition) is 5. The summed E-state index contributed by atoms with van der Waals surface area (Å²) in [5.41, 5.74) is 0.928. The molecule has 0 bridgehead atoms. The number of carbonyl (C=O) groups excluding carboxylic acids is 2. The third-order valence-electron chi connectivity index (χ3n) is 6.17. The fourth-order valence-corrected chi connectivity index (χ4v) is 6.59. The second kappa shape index (κ2) is 9.82. The molecular weight excluding hydrogens is 488 g/mol. The highest BCUT2D eigenvalue weighted by Gasteiger charge is 2.49. The number of alkyl halides is 2. The minimum absolute atomic E-state index is 0.0722. The van der Waals surface area contributed by atoms with Gasteiger partial charge < -0.3 is 0 Å². The van der Waals surface area contributed by atoms with Crippen LogP contribution >= 0.6 is 0 Å². The number of hydrogen-bond donors (Lipinski definition) is 0.